The Morgan fingerprint density at radius 3 is 2.89 bits per heavy atom. The third-order valence-corrected chi connectivity index (χ3v) is 3.88. The maximum Gasteiger partial charge on any atom is 0.0234 e. The van der Waals surface area contributed by atoms with Crippen molar-refractivity contribution in [2.24, 2.45) is 5.73 Å². The molecule has 0 aliphatic carbocycles. The number of likely N-dealkylation sites (tertiary alicyclic amines) is 1. The van der Waals surface area contributed by atoms with E-state index in [0.717, 1.165) is 6.54 Å². The Bertz CT molecular complexity index is 378. The summed E-state index contributed by atoms with van der Waals surface area (Å²) in [7, 11) is 4.45. The smallest absolute Gasteiger partial charge is 0.0234 e. The van der Waals surface area contributed by atoms with E-state index >= 15 is 0 Å². The zero-order valence-electron chi connectivity index (χ0n) is 11.6. The van der Waals surface area contributed by atoms with Gasteiger partial charge in [0.25, 0.3) is 0 Å². The van der Waals surface area contributed by atoms with Gasteiger partial charge in [0.2, 0.25) is 0 Å². The van der Waals surface area contributed by atoms with Crippen LogP contribution in [-0.2, 0) is 13.1 Å². The van der Waals surface area contributed by atoms with E-state index in [4.69, 9.17) is 5.73 Å². The second-order valence-electron chi connectivity index (χ2n) is 5.50. The predicted octanol–water partition coefficient (Wildman–Crippen LogP) is 1.67. The van der Waals surface area contributed by atoms with E-state index in [0.29, 0.717) is 12.6 Å². The van der Waals surface area contributed by atoms with Gasteiger partial charge in [0, 0.05) is 25.7 Å². The van der Waals surface area contributed by atoms with Crippen molar-refractivity contribution in [3.63, 3.8) is 0 Å². The lowest BCUT2D eigenvalue weighted by atomic mass is 10.0. The van der Waals surface area contributed by atoms with E-state index in [1.165, 1.54) is 37.1 Å². The van der Waals surface area contributed by atoms with Crippen molar-refractivity contribution in [2.75, 3.05) is 27.2 Å². The van der Waals surface area contributed by atoms with E-state index in [1.54, 1.807) is 0 Å². The van der Waals surface area contributed by atoms with Gasteiger partial charge in [0.15, 0.2) is 0 Å². The molecule has 2 N–H and O–H groups in total. The maximum absolute atomic E-state index is 5.69. The molecule has 3 heteroatoms. The van der Waals surface area contributed by atoms with Crippen LogP contribution in [-0.4, -0.2) is 43.0 Å². The van der Waals surface area contributed by atoms with Crippen LogP contribution in [0.25, 0.3) is 0 Å². The number of hydrogen-bond acceptors (Lipinski definition) is 3. The van der Waals surface area contributed by atoms with Crippen molar-refractivity contribution in [3.05, 3.63) is 35.4 Å². The molecular weight excluding hydrogens is 222 g/mol. The molecule has 2 rings (SSSR count). The first kappa shape index (κ1) is 13.5. The molecule has 0 bridgehead atoms. The van der Waals surface area contributed by atoms with Crippen LogP contribution in [0.5, 0.6) is 0 Å². The highest BCUT2D eigenvalue weighted by Gasteiger charge is 2.20. The first-order valence-electron chi connectivity index (χ1n) is 6.85. The van der Waals surface area contributed by atoms with Crippen molar-refractivity contribution in [1.82, 2.24) is 9.80 Å². The van der Waals surface area contributed by atoms with Gasteiger partial charge in [-0.2, -0.15) is 0 Å². The molecule has 1 saturated heterocycles. The largest absolute Gasteiger partial charge is 0.326 e. The van der Waals surface area contributed by atoms with Gasteiger partial charge in [0.1, 0.15) is 0 Å². The molecule has 1 unspecified atom stereocenters. The van der Waals surface area contributed by atoms with E-state index in [2.05, 4.69) is 48.2 Å². The van der Waals surface area contributed by atoms with Crippen LogP contribution in [0.1, 0.15) is 24.0 Å². The Morgan fingerprint density at radius 2 is 2.17 bits per heavy atom. The second kappa shape index (κ2) is 6.32. The molecule has 1 aromatic carbocycles. The van der Waals surface area contributed by atoms with Gasteiger partial charge in [0.05, 0.1) is 0 Å². The van der Waals surface area contributed by atoms with Gasteiger partial charge in [-0.15, -0.1) is 0 Å². The summed E-state index contributed by atoms with van der Waals surface area (Å²) in [5.41, 5.74) is 8.28. The average molecular weight is 247 g/mol. The molecular formula is C15H25N3. The molecule has 1 atom stereocenters. The van der Waals surface area contributed by atoms with Crippen molar-refractivity contribution in [2.45, 2.75) is 32.0 Å². The minimum absolute atomic E-state index is 0.629. The summed E-state index contributed by atoms with van der Waals surface area (Å²) < 4.78 is 0. The molecule has 100 valence electrons. The molecule has 1 aliphatic rings. The highest BCUT2D eigenvalue weighted by molar-refractivity contribution is 5.23. The summed E-state index contributed by atoms with van der Waals surface area (Å²) in [5, 5.41) is 0. The highest BCUT2D eigenvalue weighted by atomic mass is 15.2. The molecule has 0 spiro atoms. The Hall–Kier alpha value is -0.900. The number of likely N-dealkylation sites (N-methyl/N-ethyl adjacent to an activating group) is 2. The molecule has 18 heavy (non-hydrogen) atoms. The normalized spacial score (nSPS) is 21.4. The van der Waals surface area contributed by atoms with E-state index in [-0.39, 0.29) is 0 Å². The Kier molecular flexibility index (Phi) is 4.75. The van der Waals surface area contributed by atoms with E-state index in [1.807, 2.05) is 0 Å². The van der Waals surface area contributed by atoms with E-state index in [9.17, 15) is 0 Å². The molecule has 3 nitrogen and oxygen atoms in total. The highest BCUT2D eigenvalue weighted by Crippen LogP contribution is 2.16. The average Bonchev–Trinajstić information content (AvgIpc) is 2.39. The molecule has 1 heterocycles. The summed E-state index contributed by atoms with van der Waals surface area (Å²) in [5.74, 6) is 0. The molecule has 0 amide bonds. The lowest BCUT2D eigenvalue weighted by Crippen LogP contribution is -2.44. The van der Waals surface area contributed by atoms with Crippen LogP contribution >= 0.6 is 0 Å². The van der Waals surface area contributed by atoms with Crippen LogP contribution in [0.4, 0.5) is 0 Å². The van der Waals surface area contributed by atoms with Crippen LogP contribution in [0.15, 0.2) is 24.3 Å². The molecule has 1 fully saturated rings. The fourth-order valence-corrected chi connectivity index (χ4v) is 2.77. The van der Waals surface area contributed by atoms with Gasteiger partial charge in [-0.3, -0.25) is 4.90 Å². The molecule has 0 saturated carbocycles. The number of nitrogens with zero attached hydrogens (tertiary/aromatic N) is 2. The van der Waals surface area contributed by atoms with Gasteiger partial charge in [-0.05, 0) is 44.6 Å². The summed E-state index contributed by atoms with van der Waals surface area (Å²) in [6.45, 7) is 4.08. The summed E-state index contributed by atoms with van der Waals surface area (Å²) >= 11 is 0. The predicted molar refractivity (Wildman–Crippen MR) is 76.3 cm³/mol. The van der Waals surface area contributed by atoms with E-state index < -0.39 is 0 Å². The molecule has 1 aliphatic heterocycles. The van der Waals surface area contributed by atoms with Crippen LogP contribution in [0.3, 0.4) is 0 Å². The first-order chi connectivity index (χ1) is 8.69. The lowest BCUT2D eigenvalue weighted by molar-refractivity contribution is 0.129. The first-order valence-corrected chi connectivity index (χ1v) is 6.85. The molecule has 0 aromatic heterocycles. The zero-order valence-corrected chi connectivity index (χ0v) is 11.6. The standard InChI is InChI=1S/C15H25N3/c1-17-8-4-7-15(12-17)18(2)11-14-6-3-5-13(9-14)10-16/h3,5-6,9,15H,4,7-8,10-12,16H2,1-2H3. The van der Waals surface area contributed by atoms with Crippen molar-refractivity contribution < 1.29 is 0 Å². The zero-order chi connectivity index (χ0) is 13.0. The van der Waals surface area contributed by atoms with Crippen LogP contribution in [0, 0.1) is 0 Å². The van der Waals surface area contributed by atoms with Gasteiger partial charge >= 0.3 is 0 Å². The van der Waals surface area contributed by atoms with Crippen LogP contribution in [0.2, 0.25) is 0 Å². The Labute approximate surface area is 111 Å². The third-order valence-electron chi connectivity index (χ3n) is 3.88. The van der Waals surface area contributed by atoms with Crippen molar-refractivity contribution >= 4 is 0 Å². The Balaban J connectivity index is 1.95. The summed E-state index contributed by atoms with van der Waals surface area (Å²) in [4.78, 5) is 4.91. The molecule has 1 aromatic rings. The number of hydrogen-bond donors (Lipinski definition) is 1. The third kappa shape index (κ3) is 3.55. The second-order valence-corrected chi connectivity index (χ2v) is 5.50. The summed E-state index contributed by atoms with van der Waals surface area (Å²) in [6, 6.07) is 9.31. The fourth-order valence-electron chi connectivity index (χ4n) is 2.77. The van der Waals surface area contributed by atoms with Gasteiger partial charge < -0.3 is 10.6 Å². The minimum Gasteiger partial charge on any atom is -0.326 e. The van der Waals surface area contributed by atoms with Gasteiger partial charge in [-0.25, -0.2) is 0 Å². The summed E-state index contributed by atoms with van der Waals surface area (Å²) in [6.07, 6.45) is 2.63. The number of piperidine rings is 1. The van der Waals surface area contributed by atoms with Crippen molar-refractivity contribution in [1.29, 1.82) is 0 Å². The minimum atomic E-state index is 0.629. The van der Waals surface area contributed by atoms with Crippen molar-refractivity contribution in [3.8, 4) is 0 Å². The topological polar surface area (TPSA) is 32.5 Å². The Morgan fingerprint density at radius 1 is 1.39 bits per heavy atom. The number of rotatable bonds is 4. The maximum atomic E-state index is 5.69. The SMILES string of the molecule is CN1CCCC(N(C)Cc2cccc(CN)c2)C1. The fraction of sp³-hybridized carbons (Fsp3) is 0.600. The monoisotopic (exact) mass is 247 g/mol. The van der Waals surface area contributed by atoms with Gasteiger partial charge in [-0.1, -0.05) is 24.3 Å². The molecule has 0 radical (unpaired) electrons. The quantitative estimate of drug-likeness (QED) is 0.878. The number of benzene rings is 1. The van der Waals surface area contributed by atoms with Crippen LogP contribution < -0.4 is 5.73 Å². The lowest BCUT2D eigenvalue weighted by Gasteiger charge is -2.36. The number of nitrogens with two attached hydrogens (primary N) is 1.